The predicted octanol–water partition coefficient (Wildman–Crippen LogP) is 1.72. The Balaban J connectivity index is 1.95. The molecular formula is C14H24N2O3. The lowest BCUT2D eigenvalue weighted by Gasteiger charge is -2.45. The summed E-state index contributed by atoms with van der Waals surface area (Å²) < 4.78 is 5.42. The standard InChI is InChI=1S/C14H24N2O3/c1-10(17)15-6-11-5-12(7-15)9-16(8-11)13(18)19-14(2,3)4/h11-12H,5-9H2,1-4H3. The van der Waals surface area contributed by atoms with Crippen molar-refractivity contribution in [2.75, 3.05) is 26.2 Å². The van der Waals surface area contributed by atoms with Gasteiger partial charge in [-0.3, -0.25) is 4.79 Å². The van der Waals surface area contributed by atoms with Crippen LogP contribution in [0, 0.1) is 11.8 Å². The van der Waals surface area contributed by atoms with Crippen molar-refractivity contribution in [2.45, 2.75) is 39.7 Å². The summed E-state index contributed by atoms with van der Waals surface area (Å²) in [5.41, 5.74) is -0.449. The summed E-state index contributed by atoms with van der Waals surface area (Å²) in [6, 6.07) is 0. The average molecular weight is 268 g/mol. The number of rotatable bonds is 0. The van der Waals surface area contributed by atoms with E-state index in [2.05, 4.69) is 0 Å². The van der Waals surface area contributed by atoms with Crippen LogP contribution in [0.2, 0.25) is 0 Å². The zero-order valence-electron chi connectivity index (χ0n) is 12.3. The molecule has 2 atom stereocenters. The first-order chi connectivity index (χ1) is 8.74. The molecule has 0 aliphatic carbocycles. The van der Waals surface area contributed by atoms with Crippen LogP contribution in [0.1, 0.15) is 34.1 Å². The molecule has 2 fully saturated rings. The highest BCUT2D eigenvalue weighted by molar-refractivity contribution is 5.73. The Labute approximate surface area is 114 Å². The van der Waals surface area contributed by atoms with E-state index in [4.69, 9.17) is 4.74 Å². The van der Waals surface area contributed by atoms with Gasteiger partial charge < -0.3 is 14.5 Å². The van der Waals surface area contributed by atoms with Gasteiger partial charge in [-0.2, -0.15) is 0 Å². The van der Waals surface area contributed by atoms with Crippen molar-refractivity contribution in [3.8, 4) is 0 Å². The summed E-state index contributed by atoms with van der Waals surface area (Å²) in [4.78, 5) is 27.3. The third-order valence-electron chi connectivity index (χ3n) is 3.68. The number of fused-ring (bicyclic) bond motifs is 2. The molecule has 0 aromatic heterocycles. The number of carbonyl (C=O) groups is 2. The molecule has 19 heavy (non-hydrogen) atoms. The molecule has 2 saturated heterocycles. The van der Waals surface area contributed by atoms with E-state index in [-0.39, 0.29) is 12.0 Å². The van der Waals surface area contributed by atoms with Gasteiger partial charge in [0.1, 0.15) is 5.60 Å². The van der Waals surface area contributed by atoms with Crippen molar-refractivity contribution in [3.05, 3.63) is 0 Å². The van der Waals surface area contributed by atoms with Crippen molar-refractivity contribution in [1.29, 1.82) is 0 Å². The Hall–Kier alpha value is -1.26. The smallest absolute Gasteiger partial charge is 0.410 e. The van der Waals surface area contributed by atoms with E-state index in [0.717, 1.165) is 19.5 Å². The van der Waals surface area contributed by atoms with Gasteiger partial charge >= 0.3 is 6.09 Å². The SMILES string of the molecule is CC(=O)N1CC2CC(C1)CN(C(=O)OC(C)(C)C)C2. The molecule has 5 heteroatoms. The molecule has 0 N–H and O–H groups in total. The Morgan fingerprint density at radius 2 is 1.47 bits per heavy atom. The Kier molecular flexibility index (Phi) is 3.74. The van der Waals surface area contributed by atoms with Gasteiger partial charge in [-0.05, 0) is 39.0 Å². The first-order valence-corrected chi connectivity index (χ1v) is 6.98. The molecular weight excluding hydrogens is 244 g/mol. The van der Waals surface area contributed by atoms with Gasteiger partial charge in [0.25, 0.3) is 0 Å². The molecule has 108 valence electrons. The van der Waals surface area contributed by atoms with Gasteiger partial charge in [0, 0.05) is 33.1 Å². The first-order valence-electron chi connectivity index (χ1n) is 6.98. The lowest BCUT2D eigenvalue weighted by atomic mass is 9.85. The predicted molar refractivity (Wildman–Crippen MR) is 71.7 cm³/mol. The molecule has 2 unspecified atom stereocenters. The first kappa shape index (κ1) is 14.2. The monoisotopic (exact) mass is 268 g/mol. The highest BCUT2D eigenvalue weighted by Crippen LogP contribution is 2.29. The van der Waals surface area contributed by atoms with E-state index in [1.165, 1.54) is 0 Å². The lowest BCUT2D eigenvalue weighted by molar-refractivity contribution is -0.133. The minimum Gasteiger partial charge on any atom is -0.444 e. The van der Waals surface area contributed by atoms with E-state index in [1.807, 2.05) is 30.6 Å². The summed E-state index contributed by atoms with van der Waals surface area (Å²) in [6.07, 6.45) is 0.891. The summed E-state index contributed by atoms with van der Waals surface area (Å²) in [5, 5.41) is 0. The van der Waals surface area contributed by atoms with Crippen LogP contribution in [0.15, 0.2) is 0 Å². The summed E-state index contributed by atoms with van der Waals surface area (Å²) in [5.74, 6) is 0.924. The van der Waals surface area contributed by atoms with E-state index in [9.17, 15) is 9.59 Å². The number of hydrogen-bond donors (Lipinski definition) is 0. The number of hydrogen-bond acceptors (Lipinski definition) is 3. The Bertz CT molecular complexity index is 361. The molecule has 0 radical (unpaired) electrons. The van der Waals surface area contributed by atoms with Crippen molar-refractivity contribution < 1.29 is 14.3 Å². The molecule has 2 bridgehead atoms. The van der Waals surface area contributed by atoms with E-state index < -0.39 is 5.60 Å². The fourth-order valence-corrected chi connectivity index (χ4v) is 3.01. The number of ether oxygens (including phenoxy) is 1. The molecule has 5 nitrogen and oxygen atoms in total. The van der Waals surface area contributed by atoms with Gasteiger partial charge in [0.2, 0.25) is 5.91 Å². The van der Waals surface area contributed by atoms with Crippen molar-refractivity contribution in [1.82, 2.24) is 9.80 Å². The third kappa shape index (κ3) is 3.61. The molecule has 0 aromatic carbocycles. The van der Waals surface area contributed by atoms with Crippen molar-refractivity contribution in [3.63, 3.8) is 0 Å². The molecule has 2 aliphatic heterocycles. The molecule has 2 amide bonds. The van der Waals surface area contributed by atoms with Gasteiger partial charge in [-0.15, -0.1) is 0 Å². The second-order valence-electron chi connectivity index (χ2n) is 6.78. The summed E-state index contributed by atoms with van der Waals surface area (Å²) in [6.45, 7) is 10.2. The fourth-order valence-electron chi connectivity index (χ4n) is 3.01. The van der Waals surface area contributed by atoms with Crippen molar-refractivity contribution >= 4 is 12.0 Å². The largest absolute Gasteiger partial charge is 0.444 e. The van der Waals surface area contributed by atoms with E-state index in [1.54, 1.807) is 6.92 Å². The molecule has 0 spiro atoms. The highest BCUT2D eigenvalue weighted by atomic mass is 16.6. The lowest BCUT2D eigenvalue weighted by Crippen LogP contribution is -2.55. The van der Waals surface area contributed by atoms with E-state index in [0.29, 0.717) is 24.9 Å². The Morgan fingerprint density at radius 1 is 1.00 bits per heavy atom. The second-order valence-corrected chi connectivity index (χ2v) is 6.78. The minimum absolute atomic E-state index is 0.139. The summed E-state index contributed by atoms with van der Waals surface area (Å²) in [7, 11) is 0. The minimum atomic E-state index is -0.449. The third-order valence-corrected chi connectivity index (χ3v) is 3.68. The normalized spacial score (nSPS) is 27.2. The maximum Gasteiger partial charge on any atom is 0.410 e. The topological polar surface area (TPSA) is 49.9 Å². The van der Waals surface area contributed by atoms with Gasteiger partial charge in [0.05, 0.1) is 0 Å². The highest BCUT2D eigenvalue weighted by Gasteiger charge is 2.37. The number of nitrogens with zero attached hydrogens (tertiary/aromatic N) is 2. The summed E-state index contributed by atoms with van der Waals surface area (Å²) >= 11 is 0. The van der Waals surface area contributed by atoms with Crippen LogP contribution in [0.3, 0.4) is 0 Å². The average Bonchev–Trinajstić information content (AvgIpc) is 2.25. The number of piperidine rings is 2. The fraction of sp³-hybridized carbons (Fsp3) is 0.857. The quantitative estimate of drug-likeness (QED) is 0.672. The molecule has 2 heterocycles. The maximum atomic E-state index is 12.1. The zero-order valence-corrected chi connectivity index (χ0v) is 12.3. The van der Waals surface area contributed by atoms with Crippen LogP contribution < -0.4 is 0 Å². The molecule has 0 saturated carbocycles. The van der Waals surface area contributed by atoms with Crippen LogP contribution in [0.5, 0.6) is 0 Å². The van der Waals surface area contributed by atoms with Crippen LogP contribution in [-0.4, -0.2) is 53.6 Å². The molecule has 2 aliphatic rings. The van der Waals surface area contributed by atoms with Crippen LogP contribution in [0.4, 0.5) is 4.79 Å². The van der Waals surface area contributed by atoms with Gasteiger partial charge in [0.15, 0.2) is 0 Å². The van der Waals surface area contributed by atoms with Crippen LogP contribution in [-0.2, 0) is 9.53 Å². The van der Waals surface area contributed by atoms with Crippen LogP contribution in [0.25, 0.3) is 0 Å². The maximum absolute atomic E-state index is 12.1. The molecule has 2 rings (SSSR count). The molecule has 0 aromatic rings. The second kappa shape index (κ2) is 5.02. The Morgan fingerprint density at radius 3 is 1.89 bits per heavy atom. The van der Waals surface area contributed by atoms with Crippen molar-refractivity contribution in [2.24, 2.45) is 11.8 Å². The van der Waals surface area contributed by atoms with Crippen LogP contribution >= 0.6 is 0 Å². The van der Waals surface area contributed by atoms with Gasteiger partial charge in [-0.25, -0.2) is 4.79 Å². The van der Waals surface area contributed by atoms with E-state index >= 15 is 0 Å². The number of amides is 2. The van der Waals surface area contributed by atoms with Gasteiger partial charge in [-0.1, -0.05) is 0 Å². The zero-order chi connectivity index (χ0) is 14.2. The number of likely N-dealkylation sites (tertiary alicyclic amines) is 2. The number of carbonyl (C=O) groups excluding carboxylic acids is 2.